The number of ketones is 1. The highest BCUT2D eigenvalue weighted by atomic mass is 32.2. The van der Waals surface area contributed by atoms with E-state index in [0.29, 0.717) is 37.0 Å². The first-order valence-corrected chi connectivity index (χ1v) is 9.33. The van der Waals surface area contributed by atoms with Gasteiger partial charge in [-0.25, -0.2) is 4.79 Å². The van der Waals surface area contributed by atoms with Crippen molar-refractivity contribution in [3.63, 3.8) is 0 Å². The number of amides is 1. The molecule has 1 aromatic rings. The van der Waals surface area contributed by atoms with Gasteiger partial charge in [-0.1, -0.05) is 0 Å². The van der Waals surface area contributed by atoms with Crippen LogP contribution in [0.4, 0.5) is 4.79 Å². The van der Waals surface area contributed by atoms with Crippen LogP contribution in [-0.4, -0.2) is 43.4 Å². The van der Waals surface area contributed by atoms with E-state index in [1.165, 1.54) is 0 Å². The zero-order valence-corrected chi connectivity index (χ0v) is 15.6. The fraction of sp³-hybridized carbons (Fsp3) is 0.706. The van der Waals surface area contributed by atoms with Crippen molar-refractivity contribution in [2.24, 2.45) is 0 Å². The van der Waals surface area contributed by atoms with Gasteiger partial charge >= 0.3 is 6.09 Å². The highest BCUT2D eigenvalue weighted by Crippen LogP contribution is 2.36. The molecule has 2 atom stereocenters. The predicted octanol–water partition coefficient (Wildman–Crippen LogP) is 3.24. The fourth-order valence-corrected chi connectivity index (χ4v) is 4.38. The maximum atomic E-state index is 12.5. The molecule has 0 saturated heterocycles. The molecule has 3 rings (SSSR count). The molecule has 0 aromatic carbocycles. The molecule has 2 heterocycles. The topological polar surface area (TPSA) is 64.4 Å². The minimum Gasteiger partial charge on any atom is -0.444 e. The zero-order chi connectivity index (χ0) is 17.5. The SMILES string of the molecule is C[C@H]1Cn2ncc(SC3CCC(=O)C3)c2CN1C(=O)OC(C)(C)C. The Bertz CT molecular complexity index is 650. The summed E-state index contributed by atoms with van der Waals surface area (Å²) in [6.07, 6.45) is 3.84. The lowest BCUT2D eigenvalue weighted by Crippen LogP contribution is -2.47. The maximum Gasteiger partial charge on any atom is 0.410 e. The Balaban J connectivity index is 1.74. The summed E-state index contributed by atoms with van der Waals surface area (Å²) in [6, 6.07) is 0.0400. The molecule has 0 spiro atoms. The molecule has 1 aromatic heterocycles. The lowest BCUT2D eigenvalue weighted by atomic mass is 10.2. The third-order valence-corrected chi connectivity index (χ3v) is 5.65. The number of carbonyl (C=O) groups excluding carboxylic acids is 2. The molecule has 1 aliphatic carbocycles. The summed E-state index contributed by atoms with van der Waals surface area (Å²) in [4.78, 5) is 26.8. The van der Waals surface area contributed by atoms with Gasteiger partial charge in [-0.2, -0.15) is 5.10 Å². The molecule has 6 nitrogen and oxygen atoms in total. The Morgan fingerprint density at radius 3 is 2.79 bits per heavy atom. The van der Waals surface area contributed by atoms with Crippen molar-refractivity contribution >= 4 is 23.6 Å². The van der Waals surface area contributed by atoms with Crippen molar-refractivity contribution in [2.45, 2.75) is 81.8 Å². The monoisotopic (exact) mass is 351 g/mol. The number of fused-ring (bicyclic) bond motifs is 1. The second-order valence-corrected chi connectivity index (χ2v) is 8.96. The van der Waals surface area contributed by atoms with E-state index in [-0.39, 0.29) is 12.1 Å². The van der Waals surface area contributed by atoms with E-state index in [0.717, 1.165) is 17.0 Å². The molecule has 1 aliphatic heterocycles. The summed E-state index contributed by atoms with van der Waals surface area (Å²) in [5, 5.41) is 4.80. The van der Waals surface area contributed by atoms with Crippen LogP contribution in [0.15, 0.2) is 11.1 Å². The van der Waals surface area contributed by atoms with Crippen LogP contribution < -0.4 is 0 Å². The maximum absolute atomic E-state index is 12.5. The number of aromatic nitrogens is 2. The molecular formula is C17H25N3O3S. The number of nitrogens with zero attached hydrogens (tertiary/aromatic N) is 3. The smallest absolute Gasteiger partial charge is 0.410 e. The van der Waals surface area contributed by atoms with Gasteiger partial charge in [-0.15, -0.1) is 11.8 Å². The Morgan fingerprint density at radius 2 is 2.17 bits per heavy atom. The van der Waals surface area contributed by atoms with Crippen LogP contribution in [0.5, 0.6) is 0 Å². The molecule has 1 amide bonds. The van der Waals surface area contributed by atoms with Gasteiger partial charge in [0.15, 0.2) is 0 Å². The van der Waals surface area contributed by atoms with Crippen molar-refractivity contribution in [1.82, 2.24) is 14.7 Å². The van der Waals surface area contributed by atoms with Crippen molar-refractivity contribution in [2.75, 3.05) is 0 Å². The van der Waals surface area contributed by atoms with E-state index in [9.17, 15) is 9.59 Å². The summed E-state index contributed by atoms with van der Waals surface area (Å²) < 4.78 is 7.51. The van der Waals surface area contributed by atoms with E-state index < -0.39 is 5.60 Å². The van der Waals surface area contributed by atoms with E-state index in [1.54, 1.807) is 16.7 Å². The molecule has 0 bridgehead atoms. The summed E-state index contributed by atoms with van der Waals surface area (Å²) in [7, 11) is 0. The van der Waals surface area contributed by atoms with Crippen LogP contribution in [0.2, 0.25) is 0 Å². The van der Waals surface area contributed by atoms with Gasteiger partial charge in [0.1, 0.15) is 11.4 Å². The first kappa shape index (κ1) is 17.3. The normalized spacial score (nSPS) is 24.2. The summed E-state index contributed by atoms with van der Waals surface area (Å²) >= 11 is 1.72. The molecule has 7 heteroatoms. The molecule has 1 saturated carbocycles. The zero-order valence-electron chi connectivity index (χ0n) is 14.7. The highest BCUT2D eigenvalue weighted by molar-refractivity contribution is 8.00. The molecule has 132 valence electrons. The van der Waals surface area contributed by atoms with Gasteiger partial charge in [0.25, 0.3) is 0 Å². The van der Waals surface area contributed by atoms with Crippen molar-refractivity contribution in [3.05, 3.63) is 11.9 Å². The van der Waals surface area contributed by atoms with Crippen LogP contribution in [0.25, 0.3) is 0 Å². The Labute approximate surface area is 146 Å². The third-order valence-electron chi connectivity index (χ3n) is 4.32. The van der Waals surface area contributed by atoms with Gasteiger partial charge in [0, 0.05) is 18.1 Å². The molecule has 0 radical (unpaired) electrons. The highest BCUT2D eigenvalue weighted by Gasteiger charge is 2.33. The average molecular weight is 351 g/mol. The second kappa shape index (κ2) is 6.43. The van der Waals surface area contributed by atoms with E-state index >= 15 is 0 Å². The average Bonchev–Trinajstić information content (AvgIpc) is 3.03. The third kappa shape index (κ3) is 3.77. The van der Waals surface area contributed by atoms with Crippen molar-refractivity contribution in [3.8, 4) is 0 Å². The molecule has 2 aliphatic rings. The number of rotatable bonds is 2. The number of carbonyl (C=O) groups is 2. The van der Waals surface area contributed by atoms with E-state index in [1.807, 2.05) is 38.6 Å². The number of thioether (sulfide) groups is 1. The molecular weight excluding hydrogens is 326 g/mol. The first-order valence-electron chi connectivity index (χ1n) is 8.45. The lowest BCUT2D eigenvalue weighted by molar-refractivity contribution is -0.117. The summed E-state index contributed by atoms with van der Waals surface area (Å²) in [5.41, 5.74) is 0.541. The van der Waals surface area contributed by atoms with Crippen LogP contribution in [0.3, 0.4) is 0 Å². The quantitative estimate of drug-likeness (QED) is 0.818. The van der Waals surface area contributed by atoms with Crippen LogP contribution in [-0.2, 0) is 22.6 Å². The van der Waals surface area contributed by atoms with E-state index in [2.05, 4.69) is 5.10 Å². The molecule has 0 N–H and O–H groups in total. The fourth-order valence-electron chi connectivity index (χ4n) is 3.10. The van der Waals surface area contributed by atoms with Crippen molar-refractivity contribution in [1.29, 1.82) is 0 Å². The number of hydrogen-bond acceptors (Lipinski definition) is 5. The molecule has 24 heavy (non-hydrogen) atoms. The largest absolute Gasteiger partial charge is 0.444 e. The molecule has 1 unspecified atom stereocenters. The van der Waals surface area contributed by atoms with Gasteiger partial charge in [-0.3, -0.25) is 14.4 Å². The number of hydrogen-bond donors (Lipinski definition) is 0. The van der Waals surface area contributed by atoms with Crippen LogP contribution in [0, 0.1) is 0 Å². The van der Waals surface area contributed by atoms with Gasteiger partial charge in [0.2, 0.25) is 0 Å². The minimum absolute atomic E-state index is 0.0400. The van der Waals surface area contributed by atoms with Crippen molar-refractivity contribution < 1.29 is 14.3 Å². The Hall–Kier alpha value is -1.50. The molecule has 1 fully saturated rings. The van der Waals surface area contributed by atoms with Gasteiger partial charge < -0.3 is 4.74 Å². The van der Waals surface area contributed by atoms with E-state index in [4.69, 9.17) is 4.74 Å². The standard InChI is InChI=1S/C17H25N3O3S/c1-11-9-20-14(10-19(11)16(22)23-17(2,3)4)15(8-18-20)24-13-6-5-12(21)7-13/h8,11,13H,5-7,9-10H2,1-4H3/t11-,13?/m0/s1. The Morgan fingerprint density at radius 1 is 1.42 bits per heavy atom. The predicted molar refractivity (Wildman–Crippen MR) is 92.0 cm³/mol. The number of ether oxygens (including phenoxy) is 1. The van der Waals surface area contributed by atoms with Gasteiger partial charge in [0.05, 0.1) is 35.9 Å². The minimum atomic E-state index is -0.504. The lowest BCUT2D eigenvalue weighted by Gasteiger charge is -2.35. The van der Waals surface area contributed by atoms with Crippen LogP contribution >= 0.6 is 11.8 Å². The Kier molecular flexibility index (Phi) is 4.64. The van der Waals surface area contributed by atoms with Crippen LogP contribution in [0.1, 0.15) is 52.7 Å². The number of Topliss-reactive ketones (excluding diaryl/α,β-unsaturated/α-hetero) is 1. The van der Waals surface area contributed by atoms with Gasteiger partial charge in [-0.05, 0) is 34.1 Å². The first-order chi connectivity index (χ1) is 11.2. The summed E-state index contributed by atoms with van der Waals surface area (Å²) in [6.45, 7) is 8.81. The second-order valence-electron chi connectivity index (χ2n) is 7.62. The summed E-state index contributed by atoms with van der Waals surface area (Å²) in [5.74, 6) is 0.345.